The fraction of sp³-hybridized carbons (Fsp3) is 0.333. The zero-order valence-corrected chi connectivity index (χ0v) is 9.90. The highest BCUT2D eigenvalue weighted by Crippen LogP contribution is 2.36. The van der Waals surface area contributed by atoms with Crippen LogP contribution < -0.4 is 9.64 Å². The van der Waals surface area contributed by atoms with E-state index < -0.39 is 29.8 Å². The van der Waals surface area contributed by atoms with Crippen molar-refractivity contribution < 1.29 is 27.5 Å². The van der Waals surface area contributed by atoms with E-state index in [9.17, 15) is 22.8 Å². The number of alkyl halides is 3. The van der Waals surface area contributed by atoms with Gasteiger partial charge in [0.2, 0.25) is 11.8 Å². The zero-order chi connectivity index (χ0) is 14.2. The predicted octanol–water partition coefficient (Wildman–Crippen LogP) is 2.48. The summed E-state index contributed by atoms with van der Waals surface area (Å²) in [6.45, 7) is 1.55. The molecular formula is C12H10F3NO3. The summed E-state index contributed by atoms with van der Waals surface area (Å²) in [6, 6.07) is 5.07. The van der Waals surface area contributed by atoms with Gasteiger partial charge in [-0.05, 0) is 12.1 Å². The molecule has 7 heteroatoms. The molecule has 0 saturated carbocycles. The first kappa shape index (κ1) is 13.4. The van der Waals surface area contributed by atoms with Gasteiger partial charge in [0, 0.05) is 12.3 Å². The summed E-state index contributed by atoms with van der Waals surface area (Å²) < 4.78 is 40.6. The molecule has 102 valence electrons. The van der Waals surface area contributed by atoms with Crippen LogP contribution in [0.4, 0.5) is 18.9 Å². The number of hydrogen-bond acceptors (Lipinski definition) is 3. The maximum absolute atomic E-state index is 12.3. The summed E-state index contributed by atoms with van der Waals surface area (Å²) in [5.74, 6) is -2.16. The standard InChI is InChI=1S/C12H10F3NO3/c1-7-6-10(17)16(11(7)18)8-4-2-3-5-9(8)19-12(13,14)15/h2-5,7H,6H2,1H3/t7-/m1/s1. The Kier molecular flexibility index (Phi) is 3.21. The van der Waals surface area contributed by atoms with Gasteiger partial charge in [-0.1, -0.05) is 19.1 Å². The second kappa shape index (κ2) is 4.56. The number of nitrogens with zero attached hydrogens (tertiary/aromatic N) is 1. The van der Waals surface area contributed by atoms with Gasteiger partial charge in [-0.2, -0.15) is 0 Å². The number of carbonyl (C=O) groups excluding carboxylic acids is 2. The van der Waals surface area contributed by atoms with E-state index >= 15 is 0 Å². The van der Waals surface area contributed by atoms with Crippen LogP contribution in [-0.2, 0) is 9.59 Å². The first-order chi connectivity index (χ1) is 8.79. The van der Waals surface area contributed by atoms with Crippen LogP contribution in [0.5, 0.6) is 5.75 Å². The fourth-order valence-electron chi connectivity index (χ4n) is 1.89. The molecular weight excluding hydrogens is 263 g/mol. The van der Waals surface area contributed by atoms with Crippen molar-refractivity contribution in [3.05, 3.63) is 24.3 Å². The van der Waals surface area contributed by atoms with Crippen molar-refractivity contribution in [3.8, 4) is 5.75 Å². The molecule has 19 heavy (non-hydrogen) atoms. The van der Waals surface area contributed by atoms with Gasteiger partial charge >= 0.3 is 6.36 Å². The van der Waals surface area contributed by atoms with E-state index in [1.165, 1.54) is 18.2 Å². The average molecular weight is 273 g/mol. The summed E-state index contributed by atoms with van der Waals surface area (Å²) in [5.41, 5.74) is -0.181. The number of anilines is 1. The third-order valence-corrected chi connectivity index (χ3v) is 2.70. The molecule has 0 radical (unpaired) electrons. The van der Waals surface area contributed by atoms with E-state index in [1.807, 2.05) is 0 Å². The zero-order valence-electron chi connectivity index (χ0n) is 9.90. The van der Waals surface area contributed by atoms with Crippen molar-refractivity contribution in [1.29, 1.82) is 0 Å². The molecule has 2 rings (SSSR count). The summed E-state index contributed by atoms with van der Waals surface area (Å²) in [6.07, 6.45) is -4.90. The van der Waals surface area contributed by atoms with Crippen molar-refractivity contribution in [1.82, 2.24) is 0 Å². The Morgan fingerprint density at radius 3 is 2.42 bits per heavy atom. The number of ether oxygens (including phenoxy) is 1. The average Bonchev–Trinajstić information content (AvgIpc) is 2.52. The molecule has 0 N–H and O–H groups in total. The molecule has 0 aromatic heterocycles. The van der Waals surface area contributed by atoms with E-state index in [4.69, 9.17) is 0 Å². The number of rotatable bonds is 2. The molecule has 0 spiro atoms. The quantitative estimate of drug-likeness (QED) is 0.778. The minimum atomic E-state index is -4.88. The molecule has 1 fully saturated rings. The maximum atomic E-state index is 12.3. The Labute approximate surface area is 106 Å². The van der Waals surface area contributed by atoms with Crippen LogP contribution in [0, 0.1) is 5.92 Å². The van der Waals surface area contributed by atoms with Crippen LogP contribution in [-0.4, -0.2) is 18.2 Å². The number of imide groups is 1. The van der Waals surface area contributed by atoms with Crippen LogP contribution in [0.1, 0.15) is 13.3 Å². The third-order valence-electron chi connectivity index (χ3n) is 2.70. The Bertz CT molecular complexity index is 527. The van der Waals surface area contributed by atoms with Gasteiger partial charge in [0.15, 0.2) is 5.75 Å². The van der Waals surface area contributed by atoms with E-state index in [0.29, 0.717) is 0 Å². The number of benzene rings is 1. The van der Waals surface area contributed by atoms with Crippen molar-refractivity contribution in [2.45, 2.75) is 19.7 Å². The summed E-state index contributed by atoms with van der Waals surface area (Å²) in [7, 11) is 0. The molecule has 0 aliphatic carbocycles. The predicted molar refractivity (Wildman–Crippen MR) is 59.4 cm³/mol. The minimum absolute atomic E-state index is 0.0147. The summed E-state index contributed by atoms with van der Waals surface area (Å²) >= 11 is 0. The van der Waals surface area contributed by atoms with Crippen molar-refractivity contribution in [2.24, 2.45) is 5.92 Å². The van der Waals surface area contributed by atoms with Gasteiger partial charge in [0.1, 0.15) is 0 Å². The first-order valence-electron chi connectivity index (χ1n) is 5.51. The lowest BCUT2D eigenvalue weighted by Gasteiger charge is -2.19. The maximum Gasteiger partial charge on any atom is 0.573 e. The summed E-state index contributed by atoms with van der Waals surface area (Å²) in [5, 5.41) is 0. The smallest absolute Gasteiger partial charge is 0.404 e. The van der Waals surface area contributed by atoms with Crippen molar-refractivity contribution in [2.75, 3.05) is 4.90 Å². The lowest BCUT2D eigenvalue weighted by molar-refractivity contribution is -0.274. The molecule has 1 aromatic rings. The first-order valence-corrected chi connectivity index (χ1v) is 5.51. The SMILES string of the molecule is C[C@@H]1CC(=O)N(c2ccccc2OC(F)(F)F)C1=O. The fourth-order valence-corrected chi connectivity index (χ4v) is 1.89. The lowest BCUT2D eigenvalue weighted by atomic mass is 10.1. The van der Waals surface area contributed by atoms with Crippen molar-refractivity contribution in [3.63, 3.8) is 0 Å². The number of amides is 2. The van der Waals surface area contributed by atoms with Gasteiger partial charge in [0.05, 0.1) is 5.69 Å². The van der Waals surface area contributed by atoms with E-state index in [2.05, 4.69) is 4.74 Å². The topological polar surface area (TPSA) is 46.6 Å². The van der Waals surface area contributed by atoms with Crippen LogP contribution in [0.3, 0.4) is 0 Å². The number of halogens is 3. The van der Waals surface area contributed by atoms with E-state index in [0.717, 1.165) is 11.0 Å². The van der Waals surface area contributed by atoms with Crippen LogP contribution in [0.2, 0.25) is 0 Å². The molecule has 0 unspecified atom stereocenters. The highest BCUT2D eigenvalue weighted by Gasteiger charge is 2.40. The molecule has 1 heterocycles. The Morgan fingerprint density at radius 1 is 1.26 bits per heavy atom. The normalized spacial score (nSPS) is 20.0. The van der Waals surface area contributed by atoms with E-state index in [-0.39, 0.29) is 12.1 Å². The minimum Gasteiger partial charge on any atom is -0.404 e. The van der Waals surface area contributed by atoms with Gasteiger partial charge in [-0.15, -0.1) is 13.2 Å². The second-order valence-corrected chi connectivity index (χ2v) is 4.19. The lowest BCUT2D eigenvalue weighted by Crippen LogP contribution is -2.31. The molecule has 1 aliphatic heterocycles. The molecule has 2 amide bonds. The second-order valence-electron chi connectivity index (χ2n) is 4.19. The van der Waals surface area contributed by atoms with Crippen molar-refractivity contribution >= 4 is 17.5 Å². The van der Waals surface area contributed by atoms with Crippen LogP contribution >= 0.6 is 0 Å². The molecule has 4 nitrogen and oxygen atoms in total. The number of carbonyl (C=O) groups is 2. The molecule has 1 saturated heterocycles. The Hall–Kier alpha value is -2.05. The van der Waals surface area contributed by atoms with Gasteiger partial charge < -0.3 is 4.74 Å². The number of para-hydroxylation sites is 2. The molecule has 0 bridgehead atoms. The molecule has 1 atom stereocenters. The summed E-state index contributed by atoms with van der Waals surface area (Å²) in [4.78, 5) is 24.2. The molecule has 1 aromatic carbocycles. The van der Waals surface area contributed by atoms with Gasteiger partial charge in [-0.3, -0.25) is 9.59 Å². The van der Waals surface area contributed by atoms with E-state index in [1.54, 1.807) is 6.92 Å². The van der Waals surface area contributed by atoms with Gasteiger partial charge in [0.25, 0.3) is 0 Å². The highest BCUT2D eigenvalue weighted by molar-refractivity contribution is 6.21. The van der Waals surface area contributed by atoms with Gasteiger partial charge in [-0.25, -0.2) is 4.90 Å². The third kappa shape index (κ3) is 2.69. The monoisotopic (exact) mass is 273 g/mol. The Balaban J connectivity index is 2.40. The highest BCUT2D eigenvalue weighted by atomic mass is 19.4. The Morgan fingerprint density at radius 2 is 1.89 bits per heavy atom. The largest absolute Gasteiger partial charge is 0.573 e. The molecule has 1 aliphatic rings. The van der Waals surface area contributed by atoms with Crippen LogP contribution in [0.25, 0.3) is 0 Å². The number of hydrogen-bond donors (Lipinski definition) is 0. The van der Waals surface area contributed by atoms with Crippen LogP contribution in [0.15, 0.2) is 24.3 Å².